The fraction of sp³-hybridized carbons (Fsp3) is 0.292. The van der Waals surface area contributed by atoms with Gasteiger partial charge in [-0.05, 0) is 47.5 Å². The number of imide groups is 1. The molecule has 2 aromatic rings. The summed E-state index contributed by atoms with van der Waals surface area (Å²) in [5, 5.41) is 2.30. The van der Waals surface area contributed by atoms with Crippen molar-refractivity contribution < 1.29 is 23.9 Å². The minimum atomic E-state index is -0.455. The average molecular weight is 457 g/mol. The van der Waals surface area contributed by atoms with Crippen molar-refractivity contribution in [1.29, 1.82) is 0 Å². The second-order valence-electron chi connectivity index (χ2n) is 6.47. The summed E-state index contributed by atoms with van der Waals surface area (Å²) in [5.41, 5.74) is 1.78. The van der Waals surface area contributed by atoms with Gasteiger partial charge in [0.1, 0.15) is 6.54 Å². The standard InChI is InChI=1S/C22H22N2O5S.C2H6/c1-28-17-9-8-16(12-18(17)29-2)10-11-23-20(25)14-24-21(26)19(30-22(24)27)13-15-6-4-3-5-7-15;1-2/h3-9,12-13H,10-11,14H2,1-2H3,(H,23,25);1-2H3/b19-13-;. The Balaban J connectivity index is 0.00000176. The fourth-order valence-electron chi connectivity index (χ4n) is 2.92. The number of carbonyl (C=O) groups excluding carboxylic acids is 3. The van der Waals surface area contributed by atoms with E-state index in [1.54, 1.807) is 26.4 Å². The number of rotatable bonds is 8. The quantitative estimate of drug-likeness (QED) is 0.602. The van der Waals surface area contributed by atoms with Gasteiger partial charge >= 0.3 is 0 Å². The lowest BCUT2D eigenvalue weighted by molar-refractivity contribution is -0.129. The van der Waals surface area contributed by atoms with Crippen molar-refractivity contribution in [3.63, 3.8) is 0 Å². The van der Waals surface area contributed by atoms with E-state index in [1.807, 2.05) is 56.3 Å². The van der Waals surface area contributed by atoms with E-state index in [9.17, 15) is 14.4 Å². The minimum absolute atomic E-state index is 0.303. The van der Waals surface area contributed by atoms with Gasteiger partial charge in [-0.1, -0.05) is 50.2 Å². The van der Waals surface area contributed by atoms with Crippen molar-refractivity contribution >= 4 is 34.9 Å². The number of methoxy groups -OCH3 is 2. The number of carbonyl (C=O) groups is 3. The Hall–Kier alpha value is -3.26. The molecule has 1 aliphatic heterocycles. The van der Waals surface area contributed by atoms with Crippen LogP contribution in [-0.4, -0.2) is 49.3 Å². The minimum Gasteiger partial charge on any atom is -0.493 e. The van der Waals surface area contributed by atoms with Crippen LogP contribution in [0.4, 0.5) is 4.79 Å². The predicted molar refractivity (Wildman–Crippen MR) is 127 cm³/mol. The summed E-state index contributed by atoms with van der Waals surface area (Å²) in [4.78, 5) is 38.2. The van der Waals surface area contributed by atoms with Crippen LogP contribution < -0.4 is 14.8 Å². The van der Waals surface area contributed by atoms with Crippen molar-refractivity contribution in [2.45, 2.75) is 20.3 Å². The largest absolute Gasteiger partial charge is 0.493 e. The second-order valence-corrected chi connectivity index (χ2v) is 7.46. The Bertz CT molecular complexity index is 976. The van der Waals surface area contributed by atoms with Crippen molar-refractivity contribution in [2.24, 2.45) is 0 Å². The Kier molecular flexibility index (Phi) is 9.81. The van der Waals surface area contributed by atoms with Crippen LogP contribution in [0.1, 0.15) is 25.0 Å². The van der Waals surface area contributed by atoms with Gasteiger partial charge in [-0.2, -0.15) is 0 Å². The van der Waals surface area contributed by atoms with Gasteiger partial charge in [-0.25, -0.2) is 0 Å². The summed E-state index contributed by atoms with van der Waals surface area (Å²) in [5.74, 6) is 0.403. The summed E-state index contributed by atoms with van der Waals surface area (Å²) in [6.07, 6.45) is 2.22. The van der Waals surface area contributed by atoms with Gasteiger partial charge in [0.2, 0.25) is 5.91 Å². The van der Waals surface area contributed by atoms with E-state index in [1.165, 1.54) is 0 Å². The Morgan fingerprint density at radius 3 is 2.38 bits per heavy atom. The third-order valence-electron chi connectivity index (χ3n) is 4.46. The summed E-state index contributed by atoms with van der Waals surface area (Å²) < 4.78 is 10.5. The van der Waals surface area contributed by atoms with Gasteiger partial charge < -0.3 is 14.8 Å². The molecule has 170 valence electrons. The van der Waals surface area contributed by atoms with Crippen LogP contribution in [0.3, 0.4) is 0 Å². The molecule has 2 aromatic carbocycles. The van der Waals surface area contributed by atoms with Crippen molar-refractivity contribution in [3.05, 3.63) is 64.6 Å². The Morgan fingerprint density at radius 2 is 1.72 bits per heavy atom. The van der Waals surface area contributed by atoms with Crippen molar-refractivity contribution in [2.75, 3.05) is 27.3 Å². The molecule has 3 amide bonds. The van der Waals surface area contributed by atoms with Crippen LogP contribution in [-0.2, 0) is 16.0 Å². The van der Waals surface area contributed by atoms with Gasteiger partial charge in [0, 0.05) is 6.54 Å². The zero-order chi connectivity index (χ0) is 23.5. The van der Waals surface area contributed by atoms with Crippen LogP contribution >= 0.6 is 11.8 Å². The summed E-state index contributed by atoms with van der Waals surface area (Å²) in [6, 6.07) is 14.8. The zero-order valence-electron chi connectivity index (χ0n) is 18.7. The first-order valence-corrected chi connectivity index (χ1v) is 11.1. The third kappa shape index (κ3) is 6.62. The molecule has 7 nitrogen and oxygen atoms in total. The molecule has 0 saturated carbocycles. The van der Waals surface area contributed by atoms with E-state index in [0.717, 1.165) is 27.8 Å². The Labute approximate surface area is 192 Å². The highest BCUT2D eigenvalue weighted by molar-refractivity contribution is 8.18. The molecule has 8 heteroatoms. The monoisotopic (exact) mass is 456 g/mol. The van der Waals surface area contributed by atoms with Crippen LogP contribution in [0.2, 0.25) is 0 Å². The van der Waals surface area contributed by atoms with Gasteiger partial charge in [0.15, 0.2) is 11.5 Å². The van der Waals surface area contributed by atoms with E-state index >= 15 is 0 Å². The Morgan fingerprint density at radius 1 is 1.03 bits per heavy atom. The molecule has 0 atom stereocenters. The molecule has 1 aliphatic rings. The van der Waals surface area contributed by atoms with Crippen molar-refractivity contribution in [3.8, 4) is 11.5 Å². The number of amides is 3. The maximum Gasteiger partial charge on any atom is 0.294 e. The molecule has 1 heterocycles. The molecule has 0 aromatic heterocycles. The van der Waals surface area contributed by atoms with E-state index in [-0.39, 0.29) is 6.54 Å². The number of hydrogen-bond acceptors (Lipinski definition) is 6. The molecule has 0 bridgehead atoms. The topological polar surface area (TPSA) is 84.9 Å². The van der Waals surface area contributed by atoms with Crippen LogP contribution in [0.15, 0.2) is 53.4 Å². The maximum atomic E-state index is 12.5. The molecular weight excluding hydrogens is 428 g/mol. The smallest absolute Gasteiger partial charge is 0.294 e. The molecule has 32 heavy (non-hydrogen) atoms. The van der Waals surface area contributed by atoms with Crippen LogP contribution in [0, 0.1) is 0 Å². The molecule has 1 saturated heterocycles. The molecular formula is C24H28N2O5S. The molecule has 0 radical (unpaired) electrons. The summed E-state index contributed by atoms with van der Waals surface area (Å²) in [7, 11) is 3.13. The number of hydrogen-bond donors (Lipinski definition) is 1. The molecule has 0 spiro atoms. The number of benzene rings is 2. The number of nitrogens with zero attached hydrogens (tertiary/aromatic N) is 1. The number of ether oxygens (including phenoxy) is 2. The highest BCUT2D eigenvalue weighted by Crippen LogP contribution is 2.32. The zero-order valence-corrected chi connectivity index (χ0v) is 19.5. The van der Waals surface area contributed by atoms with E-state index < -0.39 is 17.1 Å². The van der Waals surface area contributed by atoms with Gasteiger partial charge in [-0.15, -0.1) is 0 Å². The SMILES string of the molecule is CC.COc1ccc(CCNC(=O)CN2C(=O)S/C(=C\c3ccccc3)C2=O)cc1OC. The molecule has 1 fully saturated rings. The fourth-order valence-corrected chi connectivity index (χ4v) is 3.76. The molecule has 0 unspecified atom stereocenters. The molecule has 1 N–H and O–H groups in total. The van der Waals surface area contributed by atoms with Crippen LogP contribution in [0.25, 0.3) is 6.08 Å². The third-order valence-corrected chi connectivity index (χ3v) is 5.36. The van der Waals surface area contributed by atoms with Gasteiger partial charge in [0.05, 0.1) is 19.1 Å². The summed E-state index contributed by atoms with van der Waals surface area (Å²) in [6.45, 7) is 4.06. The lowest BCUT2D eigenvalue weighted by atomic mass is 10.1. The van der Waals surface area contributed by atoms with Crippen molar-refractivity contribution in [1.82, 2.24) is 10.2 Å². The highest BCUT2D eigenvalue weighted by atomic mass is 32.2. The number of nitrogens with one attached hydrogen (secondary N) is 1. The van der Waals surface area contributed by atoms with Crippen LogP contribution in [0.5, 0.6) is 11.5 Å². The molecule has 0 aliphatic carbocycles. The number of thioether (sulfide) groups is 1. The van der Waals surface area contributed by atoms with Gasteiger partial charge in [-0.3, -0.25) is 19.3 Å². The van der Waals surface area contributed by atoms with E-state index in [4.69, 9.17) is 9.47 Å². The first kappa shape index (κ1) is 25.0. The highest BCUT2D eigenvalue weighted by Gasteiger charge is 2.36. The van der Waals surface area contributed by atoms with E-state index in [2.05, 4.69) is 5.32 Å². The lowest BCUT2D eigenvalue weighted by Crippen LogP contribution is -2.40. The normalized spacial score (nSPS) is 14.1. The maximum absolute atomic E-state index is 12.5. The van der Waals surface area contributed by atoms with Gasteiger partial charge in [0.25, 0.3) is 11.1 Å². The lowest BCUT2D eigenvalue weighted by Gasteiger charge is -2.13. The summed E-state index contributed by atoms with van der Waals surface area (Å²) >= 11 is 0.840. The molecule has 3 rings (SSSR count). The second kappa shape index (κ2) is 12.6. The average Bonchev–Trinajstić information content (AvgIpc) is 3.08. The first-order valence-electron chi connectivity index (χ1n) is 10.3. The predicted octanol–water partition coefficient (Wildman–Crippen LogP) is 4.13. The van der Waals surface area contributed by atoms with E-state index in [0.29, 0.717) is 29.4 Å². The first-order chi connectivity index (χ1) is 15.5.